The Hall–Kier alpha value is -0.780. The summed E-state index contributed by atoms with van der Waals surface area (Å²) in [6.07, 6.45) is 0. The van der Waals surface area contributed by atoms with E-state index in [1.807, 2.05) is 26.8 Å². The molecule has 1 aliphatic heterocycles. The van der Waals surface area contributed by atoms with Crippen molar-refractivity contribution in [2.24, 2.45) is 0 Å². The van der Waals surface area contributed by atoms with Crippen molar-refractivity contribution in [3.63, 3.8) is 0 Å². The van der Waals surface area contributed by atoms with Gasteiger partial charge >= 0.3 is 0 Å². The summed E-state index contributed by atoms with van der Waals surface area (Å²) in [6.45, 7) is 7.13. The predicted octanol–water partition coefficient (Wildman–Crippen LogP) is 2.54. The van der Waals surface area contributed by atoms with Crippen molar-refractivity contribution in [3.05, 3.63) is 23.8 Å². The SMILES string of the molecule is Cc1ccc(S(=O)(=O)Cl)c(N2[C@H](C)COC[C@H]2C)c1. The number of anilines is 1. The van der Waals surface area contributed by atoms with Crippen LogP contribution in [0.3, 0.4) is 0 Å². The van der Waals surface area contributed by atoms with Crippen molar-refractivity contribution in [1.82, 2.24) is 0 Å². The lowest BCUT2D eigenvalue weighted by molar-refractivity contribution is 0.0754. The van der Waals surface area contributed by atoms with Gasteiger partial charge in [-0.15, -0.1) is 0 Å². The Morgan fingerprint density at radius 2 is 1.84 bits per heavy atom. The average molecular weight is 304 g/mol. The van der Waals surface area contributed by atoms with Crippen LogP contribution in [-0.4, -0.2) is 33.7 Å². The predicted molar refractivity (Wildman–Crippen MR) is 76.4 cm³/mol. The van der Waals surface area contributed by atoms with Gasteiger partial charge in [-0.05, 0) is 38.5 Å². The number of hydrogen-bond donors (Lipinski definition) is 0. The molecule has 0 spiro atoms. The number of ether oxygens (including phenoxy) is 1. The Kier molecular flexibility index (Phi) is 4.08. The van der Waals surface area contributed by atoms with Gasteiger partial charge in [0.2, 0.25) is 0 Å². The molecule has 0 unspecified atom stereocenters. The van der Waals surface area contributed by atoms with Crippen LogP contribution in [0.5, 0.6) is 0 Å². The van der Waals surface area contributed by atoms with Crippen molar-refractivity contribution in [2.75, 3.05) is 18.1 Å². The van der Waals surface area contributed by atoms with Gasteiger partial charge in [0.1, 0.15) is 4.90 Å². The minimum absolute atomic E-state index is 0.114. The lowest BCUT2D eigenvalue weighted by atomic mass is 10.1. The van der Waals surface area contributed by atoms with Gasteiger partial charge in [0.25, 0.3) is 9.05 Å². The van der Waals surface area contributed by atoms with E-state index in [1.54, 1.807) is 12.1 Å². The summed E-state index contributed by atoms with van der Waals surface area (Å²) in [6, 6.07) is 5.43. The maximum atomic E-state index is 11.7. The molecular weight excluding hydrogens is 286 g/mol. The van der Waals surface area contributed by atoms with Gasteiger partial charge in [0.05, 0.1) is 18.9 Å². The molecule has 4 nitrogen and oxygen atoms in total. The van der Waals surface area contributed by atoms with Crippen LogP contribution < -0.4 is 4.90 Å². The van der Waals surface area contributed by atoms with Gasteiger partial charge in [-0.2, -0.15) is 0 Å². The standard InChI is InChI=1S/C13H18ClNO3S/c1-9-4-5-13(19(14,16)17)12(6-9)15-10(2)7-18-8-11(15)3/h4-6,10-11H,7-8H2,1-3H3/t10-,11-/m1/s1. The lowest BCUT2D eigenvalue weighted by Crippen LogP contribution is -2.50. The molecule has 1 fully saturated rings. The van der Waals surface area contributed by atoms with E-state index >= 15 is 0 Å². The van der Waals surface area contributed by atoms with Crippen LogP contribution in [0, 0.1) is 6.92 Å². The summed E-state index contributed by atoms with van der Waals surface area (Å²) in [5.41, 5.74) is 1.67. The minimum Gasteiger partial charge on any atom is -0.377 e. The molecule has 19 heavy (non-hydrogen) atoms. The third-order valence-electron chi connectivity index (χ3n) is 3.32. The number of morpholine rings is 1. The van der Waals surface area contributed by atoms with Crippen LogP contribution >= 0.6 is 10.7 Å². The van der Waals surface area contributed by atoms with E-state index in [9.17, 15) is 8.42 Å². The van der Waals surface area contributed by atoms with Crippen molar-refractivity contribution < 1.29 is 13.2 Å². The maximum absolute atomic E-state index is 11.7. The Balaban J connectivity index is 2.56. The fourth-order valence-corrected chi connectivity index (χ4v) is 3.55. The largest absolute Gasteiger partial charge is 0.377 e. The molecule has 106 valence electrons. The van der Waals surface area contributed by atoms with E-state index in [4.69, 9.17) is 15.4 Å². The number of hydrogen-bond acceptors (Lipinski definition) is 4. The van der Waals surface area contributed by atoms with Gasteiger partial charge in [-0.25, -0.2) is 8.42 Å². The number of nitrogens with zero attached hydrogens (tertiary/aromatic N) is 1. The summed E-state index contributed by atoms with van der Waals surface area (Å²) < 4.78 is 28.9. The Labute approximate surface area is 118 Å². The first kappa shape index (κ1) is 14.6. The first-order valence-electron chi connectivity index (χ1n) is 6.22. The van der Waals surface area contributed by atoms with Crippen LogP contribution in [0.1, 0.15) is 19.4 Å². The summed E-state index contributed by atoms with van der Waals surface area (Å²) in [5.74, 6) is 0. The first-order valence-corrected chi connectivity index (χ1v) is 8.53. The van der Waals surface area contributed by atoms with E-state index in [-0.39, 0.29) is 17.0 Å². The van der Waals surface area contributed by atoms with E-state index in [2.05, 4.69) is 4.90 Å². The Morgan fingerprint density at radius 3 is 2.37 bits per heavy atom. The second kappa shape index (κ2) is 5.31. The molecule has 0 bridgehead atoms. The van der Waals surface area contributed by atoms with E-state index < -0.39 is 9.05 Å². The van der Waals surface area contributed by atoms with Gasteiger partial charge < -0.3 is 9.64 Å². The van der Waals surface area contributed by atoms with Crippen LogP contribution in [0.4, 0.5) is 5.69 Å². The second-order valence-electron chi connectivity index (χ2n) is 5.05. The van der Waals surface area contributed by atoms with E-state index in [0.29, 0.717) is 18.9 Å². The van der Waals surface area contributed by atoms with Gasteiger partial charge in [0, 0.05) is 22.8 Å². The molecule has 2 atom stereocenters. The van der Waals surface area contributed by atoms with Gasteiger partial charge in [-0.1, -0.05) is 6.07 Å². The highest BCUT2D eigenvalue weighted by Gasteiger charge is 2.30. The van der Waals surface area contributed by atoms with Crippen LogP contribution in [0.25, 0.3) is 0 Å². The van der Waals surface area contributed by atoms with Crippen LogP contribution in [-0.2, 0) is 13.8 Å². The molecule has 0 aliphatic carbocycles. The molecule has 2 rings (SSSR count). The minimum atomic E-state index is -3.76. The summed E-state index contributed by atoms with van der Waals surface area (Å²) in [5, 5.41) is 0. The van der Waals surface area contributed by atoms with Gasteiger partial charge in [0.15, 0.2) is 0 Å². The zero-order valence-corrected chi connectivity index (χ0v) is 12.8. The maximum Gasteiger partial charge on any atom is 0.263 e. The molecule has 1 aromatic rings. The monoisotopic (exact) mass is 303 g/mol. The van der Waals surface area contributed by atoms with E-state index in [1.165, 1.54) is 0 Å². The van der Waals surface area contributed by atoms with Crippen molar-refractivity contribution in [3.8, 4) is 0 Å². The summed E-state index contributed by atoms with van der Waals surface area (Å²) in [4.78, 5) is 2.24. The van der Waals surface area contributed by atoms with Crippen LogP contribution in [0.2, 0.25) is 0 Å². The molecule has 0 saturated carbocycles. The molecular formula is C13H18ClNO3S. The van der Waals surface area contributed by atoms with Crippen molar-refractivity contribution in [1.29, 1.82) is 0 Å². The molecule has 0 radical (unpaired) electrons. The third kappa shape index (κ3) is 3.04. The highest BCUT2D eigenvalue weighted by atomic mass is 35.7. The molecule has 6 heteroatoms. The molecule has 1 aromatic carbocycles. The molecule has 0 N–H and O–H groups in total. The zero-order valence-electron chi connectivity index (χ0n) is 11.3. The Morgan fingerprint density at radius 1 is 1.26 bits per heavy atom. The molecule has 1 aliphatic rings. The quantitative estimate of drug-likeness (QED) is 0.788. The first-order chi connectivity index (χ1) is 8.80. The van der Waals surface area contributed by atoms with E-state index in [0.717, 1.165) is 5.56 Å². The fourth-order valence-electron chi connectivity index (χ4n) is 2.51. The summed E-state index contributed by atoms with van der Waals surface area (Å²) >= 11 is 0. The highest BCUT2D eigenvalue weighted by Crippen LogP contribution is 2.33. The second-order valence-corrected chi connectivity index (χ2v) is 7.59. The smallest absolute Gasteiger partial charge is 0.263 e. The number of benzene rings is 1. The lowest BCUT2D eigenvalue weighted by Gasteiger charge is -2.41. The number of rotatable bonds is 2. The number of halogens is 1. The topological polar surface area (TPSA) is 46.6 Å². The Bertz CT molecular complexity index is 563. The normalized spacial score (nSPS) is 24.5. The zero-order chi connectivity index (χ0) is 14.2. The van der Waals surface area contributed by atoms with Crippen LogP contribution in [0.15, 0.2) is 23.1 Å². The third-order valence-corrected chi connectivity index (χ3v) is 4.69. The number of aryl methyl sites for hydroxylation is 1. The molecule has 0 aromatic heterocycles. The van der Waals surface area contributed by atoms with Gasteiger partial charge in [-0.3, -0.25) is 0 Å². The molecule has 1 heterocycles. The highest BCUT2D eigenvalue weighted by molar-refractivity contribution is 8.13. The van der Waals surface area contributed by atoms with Crippen molar-refractivity contribution >= 4 is 25.4 Å². The molecule has 1 saturated heterocycles. The average Bonchev–Trinajstić information content (AvgIpc) is 2.27. The summed E-state index contributed by atoms with van der Waals surface area (Å²) in [7, 11) is 1.79. The van der Waals surface area contributed by atoms with Crippen molar-refractivity contribution in [2.45, 2.75) is 37.8 Å². The fraction of sp³-hybridized carbons (Fsp3) is 0.538. The molecule has 0 amide bonds.